The first-order chi connectivity index (χ1) is 19.6. The van der Waals surface area contributed by atoms with E-state index in [4.69, 9.17) is 14.2 Å². The van der Waals surface area contributed by atoms with Crippen LogP contribution in [-0.4, -0.2) is 36.9 Å². The number of aryl methyl sites for hydroxylation is 1. The molecule has 214 valence electrons. The Balaban J connectivity index is 1.71. The van der Waals surface area contributed by atoms with Crippen molar-refractivity contribution in [1.29, 1.82) is 0 Å². The first kappa shape index (κ1) is 28.7. The lowest BCUT2D eigenvalue weighted by molar-refractivity contribution is -0.146. The van der Waals surface area contributed by atoms with Crippen LogP contribution in [0.15, 0.2) is 78.4 Å². The molecule has 41 heavy (non-hydrogen) atoms. The van der Waals surface area contributed by atoms with Crippen LogP contribution in [0.1, 0.15) is 61.4 Å². The maximum Gasteiger partial charge on any atom is 0.260 e. The molecule has 1 N–H and O–H groups in total. The highest BCUT2D eigenvalue weighted by Gasteiger charge is 2.55. The molecule has 3 atom stereocenters. The number of carbonyl (C=O) groups is 1. The average molecular weight is 554 g/mol. The quantitative estimate of drug-likeness (QED) is 0.314. The number of ether oxygens (including phenoxy) is 3. The number of methoxy groups -OCH3 is 2. The molecule has 6 heteroatoms. The molecule has 0 spiro atoms. The molecule has 0 aromatic heterocycles. The molecule has 5 rings (SSSR count). The van der Waals surface area contributed by atoms with Crippen molar-refractivity contribution in [2.45, 2.75) is 64.4 Å². The maximum atomic E-state index is 14.2. The van der Waals surface area contributed by atoms with Crippen molar-refractivity contribution in [3.63, 3.8) is 0 Å². The predicted octanol–water partition coefficient (Wildman–Crippen LogP) is 6.71. The van der Waals surface area contributed by atoms with E-state index < -0.39 is 17.3 Å². The average Bonchev–Trinajstić information content (AvgIpc) is 2.94. The van der Waals surface area contributed by atoms with Gasteiger partial charge in [-0.25, -0.2) is 0 Å². The molecular formula is C35H39NO5. The molecule has 2 aliphatic heterocycles. The van der Waals surface area contributed by atoms with E-state index in [1.807, 2.05) is 37.3 Å². The molecule has 2 heterocycles. The zero-order chi connectivity index (χ0) is 29.4. The summed E-state index contributed by atoms with van der Waals surface area (Å²) in [6, 6.07) is 19.1. The van der Waals surface area contributed by atoms with E-state index in [9.17, 15) is 9.90 Å². The summed E-state index contributed by atoms with van der Waals surface area (Å²) < 4.78 is 18.0. The molecule has 0 bridgehead atoms. The third-order valence-electron chi connectivity index (χ3n) is 8.04. The van der Waals surface area contributed by atoms with Crippen LogP contribution in [0, 0.1) is 6.92 Å². The zero-order valence-corrected chi connectivity index (χ0v) is 24.7. The largest absolute Gasteiger partial charge is 0.497 e. The highest BCUT2D eigenvalue weighted by Crippen LogP contribution is 2.52. The number of carbonyl (C=O) groups excluding carboxylic acids is 1. The van der Waals surface area contributed by atoms with Crippen LogP contribution in [-0.2, 0) is 21.7 Å². The van der Waals surface area contributed by atoms with E-state index >= 15 is 0 Å². The molecule has 3 aromatic rings. The minimum Gasteiger partial charge on any atom is -0.497 e. The Morgan fingerprint density at radius 3 is 2.51 bits per heavy atom. The van der Waals surface area contributed by atoms with Gasteiger partial charge >= 0.3 is 0 Å². The van der Waals surface area contributed by atoms with E-state index in [2.05, 4.69) is 45.1 Å². The van der Waals surface area contributed by atoms with Gasteiger partial charge < -0.3 is 24.2 Å². The summed E-state index contributed by atoms with van der Waals surface area (Å²) >= 11 is 0. The molecule has 0 saturated carbocycles. The van der Waals surface area contributed by atoms with Crippen molar-refractivity contribution in [2.24, 2.45) is 0 Å². The van der Waals surface area contributed by atoms with Crippen LogP contribution in [0.4, 0.5) is 5.69 Å². The maximum absolute atomic E-state index is 14.2. The fourth-order valence-corrected chi connectivity index (χ4v) is 5.88. The Hall–Kier alpha value is -3.87. The first-order valence-corrected chi connectivity index (χ1v) is 14.1. The highest BCUT2D eigenvalue weighted by molar-refractivity contribution is 6.03. The predicted molar refractivity (Wildman–Crippen MR) is 162 cm³/mol. The molecule has 0 fully saturated rings. The lowest BCUT2D eigenvalue weighted by Gasteiger charge is -2.46. The normalized spacial score (nSPS) is 23.0. The van der Waals surface area contributed by atoms with E-state index in [1.165, 1.54) is 12.7 Å². The third kappa shape index (κ3) is 5.30. The summed E-state index contributed by atoms with van der Waals surface area (Å²) in [6.07, 6.45) is 6.76. The fraction of sp³-hybridized carbons (Fsp3) is 0.343. The Labute approximate surface area is 242 Å². The first-order valence-electron chi connectivity index (χ1n) is 14.1. The van der Waals surface area contributed by atoms with Gasteiger partial charge in [-0.3, -0.25) is 4.79 Å². The molecule has 0 radical (unpaired) electrons. The standard InChI is InChI=1S/C35H39NO5/c1-23(2)9-8-19-34(4)20-18-26-12-17-29-30(31(26)41-34)35(38,27-13-15-28(39-5)16-14-27)32(40-6)33(37)36(29)22-25-11-7-10-24(3)21-25/h7,9-18,20-21,32,38H,8,19,22H2,1-6H3/t32-,34+,35+/m1/s1. The Bertz CT molecular complexity index is 1500. The van der Waals surface area contributed by atoms with Gasteiger partial charge in [0.25, 0.3) is 5.91 Å². The summed E-state index contributed by atoms with van der Waals surface area (Å²) in [5.41, 5.74) is 3.43. The minimum absolute atomic E-state index is 0.322. The van der Waals surface area contributed by atoms with Crippen LogP contribution in [0.2, 0.25) is 0 Å². The Kier molecular flexibility index (Phi) is 7.82. The summed E-state index contributed by atoms with van der Waals surface area (Å²) in [4.78, 5) is 15.9. The van der Waals surface area contributed by atoms with Gasteiger partial charge in [-0.15, -0.1) is 0 Å². The second-order valence-corrected chi connectivity index (χ2v) is 11.5. The van der Waals surface area contributed by atoms with E-state index in [0.29, 0.717) is 34.9 Å². The lowest BCUT2D eigenvalue weighted by Crippen LogP contribution is -2.57. The van der Waals surface area contributed by atoms with Gasteiger partial charge in [0.15, 0.2) is 11.7 Å². The molecule has 1 amide bonds. The second kappa shape index (κ2) is 11.2. The van der Waals surface area contributed by atoms with Crippen molar-refractivity contribution in [3.05, 3.63) is 106 Å². The molecule has 6 nitrogen and oxygen atoms in total. The number of fused-ring (bicyclic) bond motifs is 3. The van der Waals surface area contributed by atoms with Crippen LogP contribution in [0.25, 0.3) is 6.08 Å². The lowest BCUT2D eigenvalue weighted by atomic mass is 9.75. The topological polar surface area (TPSA) is 68.2 Å². The number of benzene rings is 3. The van der Waals surface area contributed by atoms with E-state index in [-0.39, 0.29) is 5.91 Å². The number of nitrogens with zero attached hydrogens (tertiary/aromatic N) is 1. The van der Waals surface area contributed by atoms with Crippen molar-refractivity contribution in [2.75, 3.05) is 19.1 Å². The number of amides is 1. The number of rotatable bonds is 8. The molecule has 3 aromatic carbocycles. The van der Waals surface area contributed by atoms with Crippen LogP contribution >= 0.6 is 0 Å². The van der Waals surface area contributed by atoms with Crippen molar-refractivity contribution in [3.8, 4) is 11.5 Å². The SMILES string of the molecule is COc1ccc([C@]2(O)c3c(ccc4c3O[C@@](C)(CCC=C(C)C)C=C4)N(Cc3cccc(C)c3)C(=O)[C@H]2OC)cc1. The molecule has 0 aliphatic carbocycles. The van der Waals surface area contributed by atoms with Crippen LogP contribution < -0.4 is 14.4 Å². The summed E-state index contributed by atoms with van der Waals surface area (Å²) in [6.45, 7) is 8.60. The molecule has 0 saturated heterocycles. The number of anilines is 1. The van der Waals surface area contributed by atoms with Crippen molar-refractivity contribution in [1.82, 2.24) is 0 Å². The van der Waals surface area contributed by atoms with E-state index in [1.54, 1.807) is 36.3 Å². The number of hydrogen-bond donors (Lipinski definition) is 1. The monoisotopic (exact) mass is 553 g/mol. The van der Waals surface area contributed by atoms with Gasteiger partial charge in [0.2, 0.25) is 0 Å². The molecule has 2 aliphatic rings. The van der Waals surface area contributed by atoms with Gasteiger partial charge in [0, 0.05) is 12.7 Å². The van der Waals surface area contributed by atoms with Crippen molar-refractivity contribution < 1.29 is 24.1 Å². The number of aliphatic hydroxyl groups is 1. The summed E-state index contributed by atoms with van der Waals surface area (Å²) in [5.74, 6) is 0.889. The molecular weight excluding hydrogens is 514 g/mol. The van der Waals surface area contributed by atoms with E-state index in [0.717, 1.165) is 29.5 Å². The zero-order valence-electron chi connectivity index (χ0n) is 24.7. The summed E-state index contributed by atoms with van der Waals surface area (Å²) in [5, 5.41) is 12.8. The second-order valence-electron chi connectivity index (χ2n) is 11.5. The van der Waals surface area contributed by atoms with Gasteiger partial charge in [0.05, 0.1) is 24.9 Å². The van der Waals surface area contributed by atoms with Gasteiger partial charge in [0.1, 0.15) is 17.1 Å². The number of allylic oxidation sites excluding steroid dienone is 2. The fourth-order valence-electron chi connectivity index (χ4n) is 5.88. The summed E-state index contributed by atoms with van der Waals surface area (Å²) in [7, 11) is 3.06. The van der Waals surface area contributed by atoms with Crippen LogP contribution in [0.3, 0.4) is 0 Å². The Morgan fingerprint density at radius 1 is 1.10 bits per heavy atom. The highest BCUT2D eigenvalue weighted by atomic mass is 16.5. The smallest absolute Gasteiger partial charge is 0.260 e. The minimum atomic E-state index is -1.81. The van der Waals surface area contributed by atoms with Gasteiger partial charge in [-0.2, -0.15) is 0 Å². The van der Waals surface area contributed by atoms with Crippen LogP contribution in [0.5, 0.6) is 11.5 Å². The Morgan fingerprint density at radius 2 is 1.85 bits per heavy atom. The van der Waals surface area contributed by atoms with Gasteiger partial charge in [-0.05, 0) is 82.0 Å². The third-order valence-corrected chi connectivity index (χ3v) is 8.04. The number of hydrogen-bond acceptors (Lipinski definition) is 5. The van der Waals surface area contributed by atoms with Gasteiger partial charge in [-0.1, -0.05) is 59.7 Å². The van der Waals surface area contributed by atoms with Crippen molar-refractivity contribution >= 4 is 17.7 Å². The molecule has 0 unspecified atom stereocenters.